The van der Waals surface area contributed by atoms with Gasteiger partial charge in [-0.1, -0.05) is 11.6 Å². The number of anilines is 1. The number of nitrogens with two attached hydrogens (primary N) is 1. The third-order valence-electron chi connectivity index (χ3n) is 3.27. The van der Waals surface area contributed by atoms with E-state index in [1.54, 1.807) is 25.6 Å². The Balaban J connectivity index is 2.19. The second-order valence-corrected chi connectivity index (χ2v) is 5.09. The minimum absolute atomic E-state index is 0.0301. The summed E-state index contributed by atoms with van der Waals surface area (Å²) >= 11 is 6.12. The fraction of sp³-hybridized carbons (Fsp3) is 0.462. The number of nitrogen functional groups attached to an aromatic ring is 1. The smallest absolute Gasteiger partial charge is 0.359 e. The van der Waals surface area contributed by atoms with E-state index >= 15 is 0 Å². The lowest BCUT2D eigenvalue weighted by molar-refractivity contribution is 0.0450. The zero-order valence-corrected chi connectivity index (χ0v) is 13.2. The van der Waals surface area contributed by atoms with E-state index in [4.69, 9.17) is 22.1 Å². The Bertz CT molecular complexity index is 689. The van der Waals surface area contributed by atoms with Crippen molar-refractivity contribution < 1.29 is 9.53 Å². The van der Waals surface area contributed by atoms with E-state index in [0.717, 1.165) is 0 Å². The van der Waals surface area contributed by atoms with Crippen molar-refractivity contribution in [2.75, 3.05) is 5.73 Å². The SMILES string of the molecule is CCn1nc(C)c(N)c1C(=O)OCc1c(Cl)c(C)nn1C. The van der Waals surface area contributed by atoms with Gasteiger partial charge in [-0.15, -0.1) is 0 Å². The molecule has 0 aromatic carbocycles. The molecular weight excluding hydrogens is 294 g/mol. The molecule has 21 heavy (non-hydrogen) atoms. The second kappa shape index (κ2) is 5.77. The Morgan fingerprint density at radius 3 is 2.52 bits per heavy atom. The summed E-state index contributed by atoms with van der Waals surface area (Å²) in [4.78, 5) is 12.2. The average molecular weight is 312 g/mol. The molecule has 0 atom stereocenters. The van der Waals surface area contributed by atoms with Crippen molar-refractivity contribution in [3.63, 3.8) is 0 Å². The highest BCUT2D eigenvalue weighted by Gasteiger charge is 2.21. The number of halogens is 1. The van der Waals surface area contributed by atoms with Crippen molar-refractivity contribution in [1.82, 2.24) is 19.6 Å². The van der Waals surface area contributed by atoms with Gasteiger partial charge in [0.05, 0.1) is 27.8 Å². The fourth-order valence-electron chi connectivity index (χ4n) is 2.08. The highest BCUT2D eigenvalue weighted by Crippen LogP contribution is 2.22. The fourth-order valence-corrected chi connectivity index (χ4v) is 2.29. The normalized spacial score (nSPS) is 10.9. The molecule has 2 aromatic rings. The molecule has 0 spiro atoms. The van der Waals surface area contributed by atoms with E-state index in [0.29, 0.717) is 34.3 Å². The van der Waals surface area contributed by atoms with Crippen LogP contribution in [-0.4, -0.2) is 25.5 Å². The van der Waals surface area contributed by atoms with Crippen molar-refractivity contribution in [2.45, 2.75) is 33.9 Å². The van der Waals surface area contributed by atoms with Crippen LogP contribution < -0.4 is 5.73 Å². The molecule has 2 N–H and O–H groups in total. The van der Waals surface area contributed by atoms with Crippen LogP contribution in [0.4, 0.5) is 5.69 Å². The maximum Gasteiger partial charge on any atom is 0.359 e. The van der Waals surface area contributed by atoms with Crippen LogP contribution in [-0.2, 0) is 24.9 Å². The number of hydrogen-bond acceptors (Lipinski definition) is 5. The number of hydrogen-bond donors (Lipinski definition) is 1. The molecule has 114 valence electrons. The topological polar surface area (TPSA) is 88.0 Å². The summed E-state index contributed by atoms with van der Waals surface area (Å²) in [5, 5.41) is 8.86. The quantitative estimate of drug-likeness (QED) is 0.870. The molecule has 2 rings (SSSR count). The summed E-state index contributed by atoms with van der Waals surface area (Å²) in [6.45, 7) is 5.99. The molecule has 0 radical (unpaired) electrons. The van der Waals surface area contributed by atoms with Crippen molar-refractivity contribution in [3.8, 4) is 0 Å². The Hall–Kier alpha value is -2.02. The Morgan fingerprint density at radius 2 is 2.00 bits per heavy atom. The van der Waals surface area contributed by atoms with Crippen LogP contribution in [0.15, 0.2) is 0 Å². The van der Waals surface area contributed by atoms with Gasteiger partial charge in [-0.05, 0) is 20.8 Å². The molecule has 0 aliphatic carbocycles. The van der Waals surface area contributed by atoms with E-state index in [-0.39, 0.29) is 12.3 Å². The number of carbonyl (C=O) groups excluding carboxylic acids is 1. The first kappa shape index (κ1) is 15.4. The van der Waals surface area contributed by atoms with Gasteiger partial charge in [0.2, 0.25) is 0 Å². The molecule has 7 nitrogen and oxygen atoms in total. The van der Waals surface area contributed by atoms with E-state index in [9.17, 15) is 4.79 Å². The minimum atomic E-state index is -0.523. The lowest BCUT2D eigenvalue weighted by Crippen LogP contribution is -2.15. The van der Waals surface area contributed by atoms with Gasteiger partial charge < -0.3 is 10.5 Å². The van der Waals surface area contributed by atoms with Crippen molar-refractivity contribution in [2.24, 2.45) is 7.05 Å². The van der Waals surface area contributed by atoms with Crippen LogP contribution >= 0.6 is 11.6 Å². The molecular formula is C13H18ClN5O2. The molecule has 0 aliphatic heterocycles. The summed E-state index contributed by atoms with van der Waals surface area (Å²) in [5.41, 5.74) is 8.44. The van der Waals surface area contributed by atoms with Crippen LogP contribution in [0.1, 0.15) is 34.5 Å². The summed E-state index contributed by atoms with van der Waals surface area (Å²) < 4.78 is 8.43. The summed E-state index contributed by atoms with van der Waals surface area (Å²) in [6, 6.07) is 0. The van der Waals surface area contributed by atoms with Gasteiger partial charge in [-0.3, -0.25) is 9.36 Å². The van der Waals surface area contributed by atoms with Gasteiger partial charge in [-0.2, -0.15) is 10.2 Å². The number of nitrogens with zero attached hydrogens (tertiary/aromatic N) is 4. The van der Waals surface area contributed by atoms with Crippen LogP contribution in [0.5, 0.6) is 0 Å². The molecule has 0 bridgehead atoms. The maximum atomic E-state index is 12.2. The lowest BCUT2D eigenvalue weighted by atomic mass is 10.3. The highest BCUT2D eigenvalue weighted by atomic mass is 35.5. The zero-order valence-electron chi connectivity index (χ0n) is 12.5. The monoisotopic (exact) mass is 311 g/mol. The molecule has 0 fully saturated rings. The first-order valence-corrected chi connectivity index (χ1v) is 6.92. The zero-order chi connectivity index (χ0) is 15.7. The third-order valence-corrected chi connectivity index (χ3v) is 3.76. The van der Waals surface area contributed by atoms with Crippen molar-refractivity contribution in [3.05, 3.63) is 27.8 Å². The Labute approximate surface area is 127 Å². The first-order chi connectivity index (χ1) is 9.86. The van der Waals surface area contributed by atoms with Crippen molar-refractivity contribution in [1.29, 1.82) is 0 Å². The van der Waals surface area contributed by atoms with E-state index in [2.05, 4.69) is 10.2 Å². The molecule has 0 unspecified atom stereocenters. The predicted molar refractivity (Wildman–Crippen MR) is 79.1 cm³/mol. The van der Waals surface area contributed by atoms with E-state index < -0.39 is 5.97 Å². The van der Waals surface area contributed by atoms with Gasteiger partial charge in [-0.25, -0.2) is 4.79 Å². The number of rotatable bonds is 4. The first-order valence-electron chi connectivity index (χ1n) is 6.54. The maximum absolute atomic E-state index is 12.2. The van der Waals surface area contributed by atoms with Gasteiger partial charge in [0.15, 0.2) is 5.69 Å². The summed E-state index contributed by atoms with van der Waals surface area (Å²) in [5.74, 6) is -0.523. The minimum Gasteiger partial charge on any atom is -0.454 e. The number of aryl methyl sites for hydroxylation is 4. The van der Waals surface area contributed by atoms with Crippen LogP contribution in [0.25, 0.3) is 0 Å². The average Bonchev–Trinajstić information content (AvgIpc) is 2.86. The molecule has 2 aromatic heterocycles. The molecule has 0 amide bonds. The van der Waals surface area contributed by atoms with Crippen molar-refractivity contribution >= 4 is 23.3 Å². The van der Waals surface area contributed by atoms with Gasteiger partial charge >= 0.3 is 5.97 Å². The number of esters is 1. The number of carbonyl (C=O) groups is 1. The standard InChI is InChI=1S/C13H18ClN5O2/c1-5-19-12(11(15)8(3)17-19)13(20)21-6-9-10(14)7(2)16-18(9)4/h5-6,15H2,1-4H3. The number of aromatic nitrogens is 4. The second-order valence-electron chi connectivity index (χ2n) is 4.71. The van der Waals surface area contributed by atoms with Crippen LogP contribution in [0, 0.1) is 13.8 Å². The Kier molecular flexibility index (Phi) is 4.22. The molecule has 2 heterocycles. The highest BCUT2D eigenvalue weighted by molar-refractivity contribution is 6.31. The van der Waals surface area contributed by atoms with Crippen LogP contribution in [0.3, 0.4) is 0 Å². The van der Waals surface area contributed by atoms with Gasteiger partial charge in [0.1, 0.15) is 6.61 Å². The molecule has 0 saturated carbocycles. The molecule has 0 aliphatic rings. The lowest BCUT2D eigenvalue weighted by Gasteiger charge is -2.07. The van der Waals surface area contributed by atoms with E-state index in [1.165, 1.54) is 4.68 Å². The largest absolute Gasteiger partial charge is 0.454 e. The Morgan fingerprint density at radius 1 is 1.33 bits per heavy atom. The number of ether oxygens (including phenoxy) is 1. The summed E-state index contributed by atoms with van der Waals surface area (Å²) in [7, 11) is 1.75. The summed E-state index contributed by atoms with van der Waals surface area (Å²) in [6.07, 6.45) is 0. The molecule has 8 heteroatoms. The van der Waals surface area contributed by atoms with Gasteiger partial charge in [0, 0.05) is 13.6 Å². The third kappa shape index (κ3) is 2.73. The van der Waals surface area contributed by atoms with E-state index in [1.807, 2.05) is 6.92 Å². The molecule has 0 saturated heterocycles. The predicted octanol–water partition coefficient (Wildman–Crippen LogP) is 1.85. The van der Waals surface area contributed by atoms with Gasteiger partial charge in [0.25, 0.3) is 0 Å². The van der Waals surface area contributed by atoms with Crippen LogP contribution in [0.2, 0.25) is 5.02 Å².